The molecular formula is C8H17BNO3Si. The molecule has 0 aromatic rings. The zero-order valence-electron chi connectivity index (χ0n) is 8.62. The third-order valence-electron chi connectivity index (χ3n) is 2.34. The SMILES string of the molecule is CO[SiH2]CNC(=O)O[B]C1CCCC1. The highest BCUT2D eigenvalue weighted by Gasteiger charge is 2.19. The zero-order chi connectivity index (χ0) is 10.2. The summed E-state index contributed by atoms with van der Waals surface area (Å²) in [5, 5.41) is 2.65. The molecule has 1 rings (SSSR count). The molecule has 4 nitrogen and oxygen atoms in total. The van der Waals surface area contributed by atoms with Gasteiger partial charge in [0.15, 0.2) is 9.76 Å². The van der Waals surface area contributed by atoms with Crippen molar-refractivity contribution in [3.63, 3.8) is 0 Å². The molecule has 1 N–H and O–H groups in total. The molecule has 0 spiro atoms. The fourth-order valence-electron chi connectivity index (χ4n) is 1.55. The lowest BCUT2D eigenvalue weighted by atomic mass is 9.79. The Kier molecular flexibility index (Phi) is 5.70. The van der Waals surface area contributed by atoms with Crippen LogP contribution in [-0.4, -0.2) is 36.6 Å². The first-order valence-corrected chi connectivity index (χ1v) is 6.67. The van der Waals surface area contributed by atoms with E-state index in [0.29, 0.717) is 12.0 Å². The average molecular weight is 214 g/mol. The topological polar surface area (TPSA) is 47.6 Å². The maximum atomic E-state index is 11.1. The molecule has 1 aliphatic carbocycles. The standard InChI is InChI=1S/C8H17BNO3Si/c1-12-14-6-10-8(11)13-9-7-4-2-3-5-7/h7H,2-6,14H2,1H3,(H,10,11). The van der Waals surface area contributed by atoms with E-state index in [0.717, 1.165) is 12.8 Å². The minimum Gasteiger partial charge on any atom is -0.523 e. The summed E-state index contributed by atoms with van der Waals surface area (Å²) in [5.74, 6) is 0.473. The Morgan fingerprint density at radius 2 is 2.29 bits per heavy atom. The molecule has 1 aliphatic rings. The van der Waals surface area contributed by atoms with Gasteiger partial charge >= 0.3 is 13.6 Å². The van der Waals surface area contributed by atoms with Gasteiger partial charge < -0.3 is 14.4 Å². The van der Waals surface area contributed by atoms with E-state index in [1.54, 1.807) is 14.6 Å². The van der Waals surface area contributed by atoms with Gasteiger partial charge in [0.25, 0.3) is 0 Å². The van der Waals surface area contributed by atoms with Gasteiger partial charge in [0.2, 0.25) is 0 Å². The molecular weight excluding hydrogens is 197 g/mol. The second-order valence-corrected chi connectivity index (χ2v) is 4.99. The van der Waals surface area contributed by atoms with E-state index in [1.807, 2.05) is 0 Å². The van der Waals surface area contributed by atoms with E-state index in [1.165, 1.54) is 12.8 Å². The van der Waals surface area contributed by atoms with E-state index >= 15 is 0 Å². The van der Waals surface area contributed by atoms with Crippen LogP contribution in [0.3, 0.4) is 0 Å². The van der Waals surface area contributed by atoms with Crippen LogP contribution in [0.25, 0.3) is 0 Å². The van der Waals surface area contributed by atoms with Crippen molar-refractivity contribution in [2.45, 2.75) is 31.5 Å². The lowest BCUT2D eigenvalue weighted by Crippen LogP contribution is -2.30. The van der Waals surface area contributed by atoms with E-state index in [-0.39, 0.29) is 6.09 Å². The Balaban J connectivity index is 1.96. The van der Waals surface area contributed by atoms with Gasteiger partial charge in [-0.25, -0.2) is 4.79 Å². The highest BCUT2D eigenvalue weighted by atomic mass is 28.2. The number of hydrogen-bond donors (Lipinski definition) is 1. The van der Waals surface area contributed by atoms with Crippen molar-refractivity contribution in [3.8, 4) is 0 Å². The fraction of sp³-hybridized carbons (Fsp3) is 0.875. The van der Waals surface area contributed by atoms with Crippen LogP contribution in [0, 0.1) is 0 Å². The van der Waals surface area contributed by atoms with Gasteiger partial charge in [-0.1, -0.05) is 25.7 Å². The summed E-state index contributed by atoms with van der Waals surface area (Å²) in [7, 11) is 2.75. The second-order valence-electron chi connectivity index (χ2n) is 3.51. The molecule has 1 fully saturated rings. The minimum atomic E-state index is -0.581. The van der Waals surface area contributed by atoms with Crippen molar-refractivity contribution in [1.82, 2.24) is 5.32 Å². The van der Waals surface area contributed by atoms with Crippen LogP contribution >= 0.6 is 0 Å². The number of carbonyl (C=O) groups is 1. The number of nitrogens with one attached hydrogen (secondary N) is 1. The van der Waals surface area contributed by atoms with Crippen molar-refractivity contribution in [1.29, 1.82) is 0 Å². The Labute approximate surface area is 87.9 Å². The highest BCUT2D eigenvalue weighted by molar-refractivity contribution is 6.33. The van der Waals surface area contributed by atoms with Crippen LogP contribution < -0.4 is 5.32 Å². The van der Waals surface area contributed by atoms with E-state index < -0.39 is 9.76 Å². The number of amides is 1. The predicted molar refractivity (Wildman–Crippen MR) is 58.0 cm³/mol. The highest BCUT2D eigenvalue weighted by Crippen LogP contribution is 2.28. The molecule has 0 saturated heterocycles. The van der Waals surface area contributed by atoms with Gasteiger partial charge in [-0.15, -0.1) is 0 Å². The summed E-state index contributed by atoms with van der Waals surface area (Å²) < 4.78 is 9.89. The zero-order valence-corrected chi connectivity index (χ0v) is 10.0. The van der Waals surface area contributed by atoms with Crippen LogP contribution in [0.1, 0.15) is 25.7 Å². The van der Waals surface area contributed by atoms with E-state index in [4.69, 9.17) is 9.08 Å². The van der Waals surface area contributed by atoms with E-state index in [9.17, 15) is 4.79 Å². The Morgan fingerprint density at radius 3 is 2.93 bits per heavy atom. The molecule has 14 heavy (non-hydrogen) atoms. The monoisotopic (exact) mass is 214 g/mol. The van der Waals surface area contributed by atoms with Crippen molar-refractivity contribution >= 4 is 23.3 Å². The van der Waals surface area contributed by atoms with Crippen LogP contribution in [0.2, 0.25) is 5.82 Å². The molecule has 0 unspecified atom stereocenters. The fourth-order valence-corrected chi connectivity index (χ4v) is 2.06. The third-order valence-corrected chi connectivity index (χ3v) is 3.21. The second kappa shape index (κ2) is 6.89. The van der Waals surface area contributed by atoms with Crippen LogP contribution in [0.5, 0.6) is 0 Å². The smallest absolute Gasteiger partial charge is 0.388 e. The van der Waals surface area contributed by atoms with Crippen molar-refractivity contribution in [2.24, 2.45) is 0 Å². The normalized spacial score (nSPS) is 17.5. The molecule has 0 atom stereocenters. The molecule has 1 radical (unpaired) electrons. The van der Waals surface area contributed by atoms with Crippen molar-refractivity contribution < 1.29 is 13.9 Å². The molecule has 79 valence electrons. The van der Waals surface area contributed by atoms with Crippen LogP contribution in [-0.2, 0) is 9.08 Å². The molecule has 1 saturated carbocycles. The molecule has 0 aliphatic heterocycles. The van der Waals surface area contributed by atoms with Gasteiger partial charge in [0.1, 0.15) is 0 Å². The van der Waals surface area contributed by atoms with Crippen LogP contribution in [0.4, 0.5) is 4.79 Å². The lowest BCUT2D eigenvalue weighted by Gasteiger charge is -2.08. The lowest BCUT2D eigenvalue weighted by molar-refractivity contribution is 0.203. The van der Waals surface area contributed by atoms with Crippen molar-refractivity contribution in [2.75, 3.05) is 13.3 Å². The maximum Gasteiger partial charge on any atom is 0.388 e. The molecule has 6 heteroatoms. The van der Waals surface area contributed by atoms with Crippen molar-refractivity contribution in [3.05, 3.63) is 0 Å². The van der Waals surface area contributed by atoms with Gasteiger partial charge in [-0.3, -0.25) is 0 Å². The van der Waals surface area contributed by atoms with Gasteiger partial charge in [0, 0.05) is 13.3 Å². The molecule has 0 bridgehead atoms. The quantitative estimate of drug-likeness (QED) is 0.531. The Bertz CT molecular complexity index is 176. The molecule has 0 heterocycles. The first-order chi connectivity index (χ1) is 6.83. The summed E-state index contributed by atoms with van der Waals surface area (Å²) in [5.41, 5.74) is 0. The Morgan fingerprint density at radius 1 is 1.57 bits per heavy atom. The summed E-state index contributed by atoms with van der Waals surface area (Å²) >= 11 is 0. The van der Waals surface area contributed by atoms with Gasteiger partial charge in [-0.05, 0) is 5.82 Å². The predicted octanol–water partition coefficient (Wildman–Crippen LogP) is 0.382. The number of rotatable bonds is 5. The summed E-state index contributed by atoms with van der Waals surface area (Å²) in [6.07, 6.45) is 5.10. The summed E-state index contributed by atoms with van der Waals surface area (Å²) in [4.78, 5) is 11.1. The maximum absolute atomic E-state index is 11.1. The average Bonchev–Trinajstić information content (AvgIpc) is 2.68. The molecule has 1 amide bonds. The number of hydrogen-bond acceptors (Lipinski definition) is 3. The van der Waals surface area contributed by atoms with Crippen LogP contribution in [0.15, 0.2) is 0 Å². The van der Waals surface area contributed by atoms with Gasteiger partial charge in [0.05, 0.1) is 0 Å². The first-order valence-electron chi connectivity index (χ1n) is 5.09. The molecule has 0 aromatic heterocycles. The molecule has 0 aromatic carbocycles. The Hall–Kier alpha value is -0.488. The minimum absolute atomic E-state index is 0.346. The van der Waals surface area contributed by atoms with Gasteiger partial charge in [-0.2, -0.15) is 0 Å². The third kappa shape index (κ3) is 4.67. The first kappa shape index (κ1) is 11.6. The summed E-state index contributed by atoms with van der Waals surface area (Å²) in [6.45, 7) is 0. The van der Waals surface area contributed by atoms with E-state index in [2.05, 4.69) is 5.32 Å². The number of carbonyl (C=O) groups excluding carboxylic acids is 1. The summed E-state index contributed by atoms with van der Waals surface area (Å²) in [6, 6.07) is 0. The largest absolute Gasteiger partial charge is 0.523 e.